The van der Waals surface area contributed by atoms with E-state index in [0.29, 0.717) is 0 Å². The molecule has 11 N–H and O–H groups in total. The Morgan fingerprint density at radius 1 is 1.09 bits per heavy atom. The second kappa shape index (κ2) is 19.4. The minimum atomic E-state index is -5.57. The number of carbonyl (C=O) groups is 3. The predicted molar refractivity (Wildman–Crippen MR) is 183 cm³/mol. The van der Waals surface area contributed by atoms with E-state index in [1.54, 1.807) is 0 Å². The van der Waals surface area contributed by atoms with Crippen LogP contribution in [-0.2, 0) is 50.7 Å². The van der Waals surface area contributed by atoms with Gasteiger partial charge in [0.25, 0.3) is 0 Å². The van der Waals surface area contributed by atoms with Crippen molar-refractivity contribution in [2.75, 3.05) is 44.4 Å². The number of phosphoric acid groups is 3. The summed E-state index contributed by atoms with van der Waals surface area (Å²) in [6.07, 6.45) is -4.54. The number of thioether (sulfide) groups is 1. The van der Waals surface area contributed by atoms with Gasteiger partial charge in [-0.15, -0.1) is 0 Å². The molecule has 25 nitrogen and oxygen atoms in total. The van der Waals surface area contributed by atoms with Crippen LogP contribution in [0.4, 0.5) is 5.82 Å². The summed E-state index contributed by atoms with van der Waals surface area (Å²) in [7, 11) is -16.4. The van der Waals surface area contributed by atoms with Crippen molar-refractivity contribution >= 4 is 69.1 Å². The molecule has 54 heavy (non-hydrogen) atoms. The molecule has 0 aliphatic carbocycles. The van der Waals surface area contributed by atoms with Crippen LogP contribution in [0.15, 0.2) is 24.8 Å². The van der Waals surface area contributed by atoms with Crippen LogP contribution in [0.5, 0.6) is 0 Å². The van der Waals surface area contributed by atoms with Gasteiger partial charge in [0.1, 0.15) is 36.3 Å². The summed E-state index contributed by atoms with van der Waals surface area (Å²) in [5.74, 6) is -1.27. The third-order valence-corrected chi connectivity index (χ3v) is 11.0. The summed E-state index contributed by atoms with van der Waals surface area (Å²) in [4.78, 5) is 86.7. The van der Waals surface area contributed by atoms with Crippen molar-refractivity contribution in [2.45, 2.75) is 50.9 Å². The van der Waals surface area contributed by atoms with Crippen molar-refractivity contribution in [3.05, 3.63) is 24.8 Å². The molecule has 1 aliphatic heterocycles. The first-order valence-electron chi connectivity index (χ1n) is 15.4. The molecule has 1 fully saturated rings. The smallest absolute Gasteiger partial charge is 0.392 e. The van der Waals surface area contributed by atoms with Gasteiger partial charge in [0, 0.05) is 30.7 Å². The standard InChI is InChI=1S/C25H40N7O18P3S/c1-25(2,20(37)23(38)28-6-5-15(34)27-7-9-54-16(35)4-3-8-33)11-47-53(44,45)50-52(42,43)46-10-14-19(49-51(39,40)41)18(36)24(48-14)32-13-31-17-21(26)29-12-30-22(17)32/h3-4,12-14,18-20,24,33,36-37H,5-11H2,1-2H3,(H,27,34)(H,28,38)(H,42,43)(H,44,45)(H2,26,29,30)(H2,39,40,41). The second-order valence-corrected chi connectivity index (χ2v) is 17.2. The van der Waals surface area contributed by atoms with Crippen LogP contribution in [0.2, 0.25) is 0 Å². The number of carbonyl (C=O) groups excluding carboxylic acids is 3. The number of ether oxygens (including phenoxy) is 1. The molecule has 2 aromatic heterocycles. The number of phosphoric ester groups is 3. The quantitative estimate of drug-likeness (QED) is 0.0377. The molecule has 1 saturated heterocycles. The molecular weight excluding hydrogens is 811 g/mol. The molecule has 3 heterocycles. The number of aliphatic hydroxyl groups is 3. The molecular formula is C25H40N7O18P3S. The first kappa shape index (κ1) is 45.6. The summed E-state index contributed by atoms with van der Waals surface area (Å²) < 4.78 is 61.9. The SMILES string of the molecule is CC(C)(COP(=O)(O)OP(=O)(O)OCC1OC(n2cnc3c(N)ncnc32)C(O)C1OP(=O)(O)O)C(O)C(=O)NCCC(=O)NCCSC(=O)C=CCO. The predicted octanol–water partition coefficient (Wildman–Crippen LogP) is -1.79. The highest BCUT2D eigenvalue weighted by Gasteiger charge is 2.50. The third-order valence-electron chi connectivity index (χ3n) is 7.11. The highest BCUT2D eigenvalue weighted by molar-refractivity contribution is 8.14. The fourth-order valence-electron chi connectivity index (χ4n) is 4.48. The summed E-state index contributed by atoms with van der Waals surface area (Å²) in [5, 5.41) is 34.5. The maximum atomic E-state index is 12.6. The average Bonchev–Trinajstić information content (AvgIpc) is 3.63. The number of anilines is 1. The maximum Gasteiger partial charge on any atom is 0.481 e. The summed E-state index contributed by atoms with van der Waals surface area (Å²) in [6, 6.07) is 0. The van der Waals surface area contributed by atoms with Gasteiger partial charge < -0.3 is 56.0 Å². The average molecular weight is 852 g/mol. The number of nitrogens with one attached hydrogen (secondary N) is 2. The Kier molecular flexibility index (Phi) is 16.4. The van der Waals surface area contributed by atoms with E-state index in [4.69, 9.17) is 24.6 Å². The minimum Gasteiger partial charge on any atom is -0.392 e. The molecule has 0 radical (unpaired) electrons. The third kappa shape index (κ3) is 13.8. The Morgan fingerprint density at radius 3 is 2.44 bits per heavy atom. The van der Waals surface area contributed by atoms with Crippen molar-refractivity contribution in [2.24, 2.45) is 5.41 Å². The zero-order valence-electron chi connectivity index (χ0n) is 28.4. The second-order valence-electron chi connectivity index (χ2n) is 11.8. The number of hydrogen-bond acceptors (Lipinski definition) is 19. The summed E-state index contributed by atoms with van der Waals surface area (Å²) in [5.41, 5.74) is 4.23. The van der Waals surface area contributed by atoms with Crippen LogP contribution in [0, 0.1) is 5.41 Å². The van der Waals surface area contributed by atoms with E-state index in [2.05, 4.69) is 34.4 Å². The lowest BCUT2D eigenvalue weighted by Gasteiger charge is -2.30. The molecule has 0 saturated carbocycles. The number of fused-ring (bicyclic) bond motifs is 1. The highest BCUT2D eigenvalue weighted by atomic mass is 32.2. The van der Waals surface area contributed by atoms with Crippen LogP contribution in [-0.4, -0.2) is 134 Å². The molecule has 0 bridgehead atoms. The topological polar surface area (TPSA) is 384 Å². The van der Waals surface area contributed by atoms with Gasteiger partial charge in [-0.25, -0.2) is 28.6 Å². The Morgan fingerprint density at radius 2 is 1.78 bits per heavy atom. The van der Waals surface area contributed by atoms with Crippen molar-refractivity contribution in [3.63, 3.8) is 0 Å². The highest BCUT2D eigenvalue weighted by Crippen LogP contribution is 2.61. The summed E-state index contributed by atoms with van der Waals surface area (Å²) in [6.45, 7) is 0.0610. The lowest BCUT2D eigenvalue weighted by Crippen LogP contribution is -2.46. The van der Waals surface area contributed by atoms with E-state index in [0.717, 1.165) is 29.0 Å². The number of hydrogen-bond donors (Lipinski definition) is 10. The Balaban J connectivity index is 1.51. The number of aromatic nitrogens is 4. The van der Waals surface area contributed by atoms with E-state index in [9.17, 15) is 57.9 Å². The Labute approximate surface area is 310 Å². The fourth-order valence-corrected chi connectivity index (χ4v) is 7.91. The van der Waals surface area contributed by atoms with Crippen molar-refractivity contribution in [1.29, 1.82) is 0 Å². The van der Waals surface area contributed by atoms with E-state index in [-0.39, 0.29) is 54.0 Å². The van der Waals surface area contributed by atoms with Crippen molar-refractivity contribution in [3.8, 4) is 0 Å². The molecule has 7 atom stereocenters. The van der Waals surface area contributed by atoms with E-state index >= 15 is 0 Å². The number of amides is 2. The van der Waals surface area contributed by atoms with Crippen LogP contribution < -0.4 is 16.4 Å². The van der Waals surface area contributed by atoms with Crippen LogP contribution in [0.3, 0.4) is 0 Å². The molecule has 7 unspecified atom stereocenters. The molecule has 2 aromatic rings. The number of nitrogens with two attached hydrogens (primary N) is 1. The first-order chi connectivity index (χ1) is 25.1. The van der Waals surface area contributed by atoms with E-state index in [1.165, 1.54) is 26.0 Å². The lowest BCUT2D eigenvalue weighted by atomic mass is 9.87. The van der Waals surface area contributed by atoms with Crippen LogP contribution >= 0.6 is 35.2 Å². The number of aliphatic hydroxyl groups excluding tert-OH is 3. The van der Waals surface area contributed by atoms with Gasteiger partial charge in [0.15, 0.2) is 17.7 Å². The van der Waals surface area contributed by atoms with Crippen LogP contribution in [0.1, 0.15) is 26.5 Å². The van der Waals surface area contributed by atoms with Gasteiger partial charge in [0.05, 0.1) is 26.1 Å². The molecule has 0 aromatic carbocycles. The van der Waals surface area contributed by atoms with Gasteiger partial charge in [-0.1, -0.05) is 31.7 Å². The van der Waals surface area contributed by atoms with Gasteiger partial charge in [-0.05, 0) is 6.08 Å². The van der Waals surface area contributed by atoms with E-state index < -0.39 is 84.6 Å². The molecule has 304 valence electrons. The van der Waals surface area contributed by atoms with Gasteiger partial charge in [-0.3, -0.25) is 32.5 Å². The molecule has 0 spiro atoms. The van der Waals surface area contributed by atoms with E-state index in [1.807, 2.05) is 0 Å². The Bertz CT molecular complexity index is 1810. The normalized spacial score (nSPS) is 22.2. The molecule has 2 amide bonds. The monoisotopic (exact) mass is 851 g/mol. The molecule has 1 aliphatic rings. The fraction of sp³-hybridized carbons (Fsp3) is 0.600. The van der Waals surface area contributed by atoms with Crippen molar-refractivity contribution in [1.82, 2.24) is 30.2 Å². The van der Waals surface area contributed by atoms with Gasteiger partial charge >= 0.3 is 23.5 Å². The lowest BCUT2D eigenvalue weighted by molar-refractivity contribution is -0.137. The largest absolute Gasteiger partial charge is 0.481 e. The maximum absolute atomic E-state index is 12.6. The molecule has 29 heteroatoms. The summed E-state index contributed by atoms with van der Waals surface area (Å²) >= 11 is 0.912. The number of rotatable bonds is 21. The molecule has 3 rings (SSSR count). The number of nitrogen functional groups attached to an aromatic ring is 1. The first-order valence-corrected chi connectivity index (χ1v) is 20.9. The van der Waals surface area contributed by atoms with Crippen LogP contribution in [0.25, 0.3) is 11.2 Å². The van der Waals surface area contributed by atoms with Gasteiger partial charge in [0.2, 0.25) is 16.9 Å². The van der Waals surface area contributed by atoms with Crippen molar-refractivity contribution < 1.29 is 85.6 Å². The Hall–Kier alpha value is -2.74. The number of nitrogens with zero attached hydrogens (tertiary/aromatic N) is 4. The zero-order valence-corrected chi connectivity index (χ0v) is 31.9. The number of imidazole rings is 1. The minimum absolute atomic E-state index is 0.0252. The zero-order chi connectivity index (χ0) is 40.5. The van der Waals surface area contributed by atoms with Gasteiger partial charge in [-0.2, -0.15) is 4.31 Å².